The SMILES string of the molecule is O=C1CC2(CCCC2)C(=O)N1c1ncc(Br)s1. The summed E-state index contributed by atoms with van der Waals surface area (Å²) in [6.07, 6.45) is 5.79. The highest BCUT2D eigenvalue weighted by Crippen LogP contribution is 2.48. The van der Waals surface area contributed by atoms with Gasteiger partial charge >= 0.3 is 0 Å². The van der Waals surface area contributed by atoms with Crippen LogP contribution >= 0.6 is 27.3 Å². The molecule has 4 nitrogen and oxygen atoms in total. The van der Waals surface area contributed by atoms with Gasteiger partial charge in [0.1, 0.15) is 0 Å². The number of thiazole rings is 1. The summed E-state index contributed by atoms with van der Waals surface area (Å²) in [5.41, 5.74) is -0.408. The molecule has 1 aromatic rings. The van der Waals surface area contributed by atoms with E-state index in [9.17, 15) is 9.59 Å². The first-order chi connectivity index (χ1) is 8.12. The Balaban J connectivity index is 1.96. The summed E-state index contributed by atoms with van der Waals surface area (Å²) in [5, 5.41) is 0.496. The van der Waals surface area contributed by atoms with Gasteiger partial charge in [0, 0.05) is 6.42 Å². The lowest BCUT2D eigenvalue weighted by molar-refractivity contribution is -0.125. The Morgan fingerprint density at radius 1 is 1.35 bits per heavy atom. The van der Waals surface area contributed by atoms with Gasteiger partial charge in [-0.1, -0.05) is 24.2 Å². The van der Waals surface area contributed by atoms with Gasteiger partial charge in [-0.05, 0) is 28.8 Å². The second-order valence-electron chi connectivity index (χ2n) is 4.65. The van der Waals surface area contributed by atoms with Crippen molar-refractivity contribution in [2.45, 2.75) is 32.1 Å². The van der Waals surface area contributed by atoms with Crippen LogP contribution in [-0.2, 0) is 9.59 Å². The number of carbonyl (C=O) groups is 2. The number of carbonyl (C=O) groups excluding carboxylic acids is 2. The Bertz CT molecular complexity index is 493. The fourth-order valence-electron chi connectivity index (χ4n) is 2.78. The van der Waals surface area contributed by atoms with Crippen molar-refractivity contribution < 1.29 is 9.59 Å². The average molecular weight is 315 g/mol. The molecule has 1 aliphatic carbocycles. The lowest BCUT2D eigenvalue weighted by Crippen LogP contribution is -2.34. The Morgan fingerprint density at radius 2 is 2.06 bits per heavy atom. The van der Waals surface area contributed by atoms with E-state index in [0.717, 1.165) is 29.5 Å². The highest BCUT2D eigenvalue weighted by Gasteiger charge is 2.53. The van der Waals surface area contributed by atoms with Crippen LogP contribution in [-0.4, -0.2) is 16.8 Å². The Labute approximate surface area is 111 Å². The number of hydrogen-bond acceptors (Lipinski definition) is 4. The predicted molar refractivity (Wildman–Crippen MR) is 67.8 cm³/mol. The van der Waals surface area contributed by atoms with Gasteiger partial charge in [0.05, 0.1) is 15.4 Å². The first-order valence-electron chi connectivity index (χ1n) is 5.61. The summed E-state index contributed by atoms with van der Waals surface area (Å²) < 4.78 is 0.834. The van der Waals surface area contributed by atoms with E-state index in [1.807, 2.05) is 0 Å². The van der Waals surface area contributed by atoms with Crippen LogP contribution in [0.1, 0.15) is 32.1 Å². The van der Waals surface area contributed by atoms with Crippen LogP contribution in [0.25, 0.3) is 0 Å². The van der Waals surface area contributed by atoms with Gasteiger partial charge < -0.3 is 0 Å². The lowest BCUT2D eigenvalue weighted by atomic mass is 9.85. The highest BCUT2D eigenvalue weighted by atomic mass is 79.9. The maximum atomic E-state index is 12.4. The molecular weight excluding hydrogens is 304 g/mol. The van der Waals surface area contributed by atoms with Crippen molar-refractivity contribution in [2.75, 3.05) is 4.90 Å². The van der Waals surface area contributed by atoms with E-state index in [1.54, 1.807) is 6.20 Å². The van der Waals surface area contributed by atoms with Crippen molar-refractivity contribution in [3.05, 3.63) is 9.98 Å². The van der Waals surface area contributed by atoms with Gasteiger partial charge in [-0.25, -0.2) is 9.88 Å². The largest absolute Gasteiger partial charge is 0.274 e. The molecule has 6 heteroatoms. The maximum Gasteiger partial charge on any atom is 0.242 e. The topological polar surface area (TPSA) is 50.3 Å². The maximum absolute atomic E-state index is 12.4. The van der Waals surface area contributed by atoms with Crippen LogP contribution in [0.4, 0.5) is 5.13 Å². The third kappa shape index (κ3) is 1.65. The first-order valence-corrected chi connectivity index (χ1v) is 7.22. The highest BCUT2D eigenvalue weighted by molar-refractivity contribution is 9.11. The van der Waals surface area contributed by atoms with Gasteiger partial charge in [0.2, 0.25) is 11.8 Å². The number of anilines is 1. The van der Waals surface area contributed by atoms with Crippen molar-refractivity contribution >= 4 is 44.2 Å². The number of imide groups is 1. The molecule has 2 aliphatic rings. The molecule has 0 atom stereocenters. The van der Waals surface area contributed by atoms with Gasteiger partial charge in [0.25, 0.3) is 0 Å². The van der Waals surface area contributed by atoms with Crippen molar-refractivity contribution in [3.8, 4) is 0 Å². The average Bonchev–Trinajstić information content (AvgIpc) is 2.93. The monoisotopic (exact) mass is 314 g/mol. The summed E-state index contributed by atoms with van der Waals surface area (Å²) in [6.45, 7) is 0. The van der Waals surface area contributed by atoms with E-state index < -0.39 is 5.41 Å². The summed E-state index contributed by atoms with van der Waals surface area (Å²) >= 11 is 4.63. The second-order valence-corrected chi connectivity index (χ2v) is 7.03. The molecule has 1 aromatic heterocycles. The molecule has 0 aromatic carbocycles. The molecule has 0 unspecified atom stereocenters. The molecule has 1 saturated heterocycles. The predicted octanol–water partition coefficient (Wildman–Crippen LogP) is 2.73. The smallest absolute Gasteiger partial charge is 0.242 e. The zero-order chi connectivity index (χ0) is 12.0. The number of hydrogen-bond donors (Lipinski definition) is 0. The van der Waals surface area contributed by atoms with E-state index in [1.165, 1.54) is 16.2 Å². The van der Waals surface area contributed by atoms with Crippen LogP contribution in [0, 0.1) is 5.41 Å². The van der Waals surface area contributed by atoms with E-state index in [0.29, 0.717) is 11.6 Å². The van der Waals surface area contributed by atoms with Gasteiger partial charge in [-0.2, -0.15) is 0 Å². The van der Waals surface area contributed by atoms with Crippen molar-refractivity contribution in [3.63, 3.8) is 0 Å². The summed E-state index contributed by atoms with van der Waals surface area (Å²) in [5.74, 6) is -0.138. The lowest BCUT2D eigenvalue weighted by Gasteiger charge is -2.19. The fourth-order valence-corrected chi connectivity index (χ4v) is 3.98. The van der Waals surface area contributed by atoms with Crippen molar-refractivity contribution in [1.82, 2.24) is 4.98 Å². The van der Waals surface area contributed by atoms with Gasteiger partial charge in [-0.3, -0.25) is 9.59 Å². The van der Waals surface area contributed by atoms with Crippen LogP contribution in [0.5, 0.6) is 0 Å². The number of rotatable bonds is 1. The third-order valence-electron chi connectivity index (χ3n) is 3.61. The van der Waals surface area contributed by atoms with Crippen molar-refractivity contribution in [1.29, 1.82) is 0 Å². The molecule has 0 bridgehead atoms. The van der Waals surface area contributed by atoms with E-state index in [4.69, 9.17) is 0 Å². The molecule has 2 heterocycles. The van der Waals surface area contributed by atoms with Crippen LogP contribution in [0.15, 0.2) is 9.98 Å². The summed E-state index contributed by atoms with van der Waals surface area (Å²) in [7, 11) is 0. The number of amides is 2. The van der Waals surface area contributed by atoms with E-state index >= 15 is 0 Å². The summed E-state index contributed by atoms with van der Waals surface area (Å²) in [4.78, 5) is 29.8. The molecule has 17 heavy (non-hydrogen) atoms. The van der Waals surface area contributed by atoms with Crippen molar-refractivity contribution in [2.24, 2.45) is 5.41 Å². The zero-order valence-corrected chi connectivity index (χ0v) is 11.5. The molecule has 1 spiro atoms. The molecule has 0 radical (unpaired) electrons. The van der Waals surface area contributed by atoms with E-state index in [-0.39, 0.29) is 11.8 Å². The molecule has 1 saturated carbocycles. The standard InChI is InChI=1S/C11H11BrN2O2S/c12-7-6-13-10(17-7)14-8(15)5-11(9(14)16)3-1-2-4-11/h6H,1-5H2. The van der Waals surface area contributed by atoms with Gasteiger partial charge in [-0.15, -0.1) is 0 Å². The minimum atomic E-state index is -0.408. The minimum absolute atomic E-state index is 0.0400. The second kappa shape index (κ2) is 3.88. The molecule has 90 valence electrons. The zero-order valence-electron chi connectivity index (χ0n) is 9.11. The van der Waals surface area contributed by atoms with Crippen LogP contribution in [0.3, 0.4) is 0 Å². The number of halogens is 1. The molecule has 3 rings (SSSR count). The van der Waals surface area contributed by atoms with Gasteiger partial charge in [0.15, 0.2) is 5.13 Å². The molecular formula is C11H11BrN2O2S. The number of aromatic nitrogens is 1. The van der Waals surface area contributed by atoms with E-state index in [2.05, 4.69) is 20.9 Å². The van der Waals surface area contributed by atoms with Crippen LogP contribution in [0.2, 0.25) is 0 Å². The normalized spacial score (nSPS) is 23.0. The third-order valence-corrected chi connectivity index (χ3v) is 5.07. The number of nitrogens with zero attached hydrogens (tertiary/aromatic N) is 2. The fraction of sp³-hybridized carbons (Fsp3) is 0.545. The van der Waals surface area contributed by atoms with Crippen LogP contribution < -0.4 is 4.90 Å². The Hall–Kier alpha value is -0.750. The molecule has 2 fully saturated rings. The quantitative estimate of drug-likeness (QED) is 0.749. The Morgan fingerprint density at radius 3 is 2.65 bits per heavy atom. The summed E-state index contributed by atoms with van der Waals surface area (Å²) in [6, 6.07) is 0. The Kier molecular flexibility index (Phi) is 2.59. The molecule has 0 N–H and O–H groups in total. The first kappa shape index (κ1) is 11.3. The molecule has 1 aliphatic heterocycles. The minimum Gasteiger partial charge on any atom is -0.274 e. The molecule has 2 amide bonds.